The molecule has 160 valence electrons. The van der Waals surface area contributed by atoms with E-state index < -0.39 is 33.7 Å². The maximum Gasteiger partial charge on any atom is 0.324 e. The monoisotopic (exact) mass is 441 g/mol. The standard InChI is InChI=1S/C22H19NO7S/c1-13-8-10-14(11-9-13)31(27,28)23-18-12-17(19(21(25)29-2)22(26)30-3)20(24)16-7-5-4-6-15(16)18/h4-12,19H,1-3H3/b23-18-. The summed E-state index contributed by atoms with van der Waals surface area (Å²) in [6.07, 6.45) is 1.12. The highest BCUT2D eigenvalue weighted by Gasteiger charge is 2.39. The summed E-state index contributed by atoms with van der Waals surface area (Å²) in [6, 6.07) is 12.3. The molecule has 0 bridgehead atoms. The number of allylic oxidation sites excluding steroid dienone is 1. The van der Waals surface area contributed by atoms with Crippen molar-refractivity contribution in [3.8, 4) is 0 Å². The predicted molar refractivity (Wildman–Crippen MR) is 111 cm³/mol. The van der Waals surface area contributed by atoms with Crippen LogP contribution in [0.1, 0.15) is 21.5 Å². The van der Waals surface area contributed by atoms with Gasteiger partial charge in [0.1, 0.15) is 0 Å². The van der Waals surface area contributed by atoms with Gasteiger partial charge in [0.15, 0.2) is 11.7 Å². The molecule has 0 amide bonds. The molecular formula is C22H19NO7S. The van der Waals surface area contributed by atoms with Crippen molar-refractivity contribution in [3.63, 3.8) is 0 Å². The van der Waals surface area contributed by atoms with Gasteiger partial charge >= 0.3 is 11.9 Å². The van der Waals surface area contributed by atoms with E-state index in [0.717, 1.165) is 25.9 Å². The summed E-state index contributed by atoms with van der Waals surface area (Å²) in [6.45, 7) is 1.82. The Labute approximate surface area is 179 Å². The van der Waals surface area contributed by atoms with Gasteiger partial charge in [-0.15, -0.1) is 0 Å². The minimum Gasteiger partial charge on any atom is -0.468 e. The molecule has 0 aliphatic heterocycles. The number of Topliss-reactive ketones (excluding diaryl/α,β-unsaturated/α-hetero) is 1. The van der Waals surface area contributed by atoms with Gasteiger partial charge in [-0.05, 0) is 25.1 Å². The molecule has 31 heavy (non-hydrogen) atoms. The molecule has 0 N–H and O–H groups in total. The molecule has 0 saturated heterocycles. The molecular weight excluding hydrogens is 422 g/mol. The van der Waals surface area contributed by atoms with E-state index in [1.807, 2.05) is 6.92 Å². The van der Waals surface area contributed by atoms with Crippen LogP contribution in [0.15, 0.2) is 69.5 Å². The van der Waals surface area contributed by atoms with Crippen molar-refractivity contribution in [3.05, 3.63) is 76.9 Å². The zero-order chi connectivity index (χ0) is 22.8. The number of ketones is 1. The lowest BCUT2D eigenvalue weighted by Gasteiger charge is -2.21. The van der Waals surface area contributed by atoms with Crippen molar-refractivity contribution in [2.45, 2.75) is 11.8 Å². The summed E-state index contributed by atoms with van der Waals surface area (Å²) in [4.78, 5) is 37.5. The van der Waals surface area contributed by atoms with E-state index >= 15 is 0 Å². The predicted octanol–water partition coefficient (Wildman–Crippen LogP) is 2.26. The van der Waals surface area contributed by atoms with Gasteiger partial charge in [-0.2, -0.15) is 12.8 Å². The van der Waals surface area contributed by atoms with E-state index in [-0.39, 0.29) is 27.3 Å². The number of sulfonamides is 1. The topological polar surface area (TPSA) is 116 Å². The number of carbonyl (C=O) groups excluding carboxylic acids is 3. The first kappa shape index (κ1) is 22.1. The third-order valence-electron chi connectivity index (χ3n) is 4.72. The maximum atomic E-state index is 13.0. The molecule has 2 aromatic rings. The average Bonchev–Trinajstić information content (AvgIpc) is 2.76. The van der Waals surface area contributed by atoms with Crippen LogP contribution in [0.4, 0.5) is 0 Å². The largest absolute Gasteiger partial charge is 0.468 e. The average molecular weight is 441 g/mol. The molecule has 2 aromatic carbocycles. The van der Waals surface area contributed by atoms with Crippen LogP contribution in [0.5, 0.6) is 0 Å². The lowest BCUT2D eigenvalue weighted by atomic mass is 9.83. The highest BCUT2D eigenvalue weighted by atomic mass is 32.2. The quantitative estimate of drug-likeness (QED) is 0.516. The third-order valence-corrected chi connectivity index (χ3v) is 6.03. The third kappa shape index (κ3) is 4.31. The fourth-order valence-electron chi connectivity index (χ4n) is 3.12. The van der Waals surface area contributed by atoms with E-state index in [0.29, 0.717) is 0 Å². The summed E-state index contributed by atoms with van der Waals surface area (Å²) in [5.41, 5.74) is 0.885. The van der Waals surface area contributed by atoms with Crippen molar-refractivity contribution >= 4 is 33.5 Å². The zero-order valence-corrected chi connectivity index (χ0v) is 17.8. The van der Waals surface area contributed by atoms with Crippen molar-refractivity contribution in [1.29, 1.82) is 0 Å². The van der Waals surface area contributed by atoms with Gasteiger partial charge in [0.05, 0.1) is 24.8 Å². The number of fused-ring (bicyclic) bond motifs is 1. The summed E-state index contributed by atoms with van der Waals surface area (Å²) in [7, 11) is -2.01. The van der Waals surface area contributed by atoms with Gasteiger partial charge in [-0.25, -0.2) is 0 Å². The normalized spacial score (nSPS) is 14.8. The number of rotatable bonds is 5. The van der Waals surface area contributed by atoms with Crippen molar-refractivity contribution in [2.75, 3.05) is 14.2 Å². The number of methoxy groups -OCH3 is 2. The SMILES string of the molecule is COC(=O)C(C(=O)OC)C1=C/C(=N/S(=O)(=O)c2ccc(C)cc2)c2ccccc2C1=O. The Morgan fingerprint density at radius 1 is 0.903 bits per heavy atom. The second-order valence-electron chi connectivity index (χ2n) is 6.72. The van der Waals surface area contributed by atoms with Gasteiger partial charge in [-0.1, -0.05) is 42.0 Å². The summed E-state index contributed by atoms with van der Waals surface area (Å²) in [5.74, 6) is -4.32. The molecule has 0 heterocycles. The first-order valence-electron chi connectivity index (χ1n) is 9.12. The number of nitrogens with zero attached hydrogens (tertiary/aromatic N) is 1. The van der Waals surface area contributed by atoms with Crippen LogP contribution in [0.2, 0.25) is 0 Å². The van der Waals surface area contributed by atoms with E-state index in [2.05, 4.69) is 13.9 Å². The van der Waals surface area contributed by atoms with E-state index in [4.69, 9.17) is 0 Å². The summed E-state index contributed by atoms with van der Waals surface area (Å²) < 4.78 is 39.0. The molecule has 0 fully saturated rings. The number of esters is 2. The van der Waals surface area contributed by atoms with Crippen LogP contribution < -0.4 is 0 Å². The second-order valence-corrected chi connectivity index (χ2v) is 8.32. The summed E-state index contributed by atoms with van der Waals surface area (Å²) >= 11 is 0. The highest BCUT2D eigenvalue weighted by molar-refractivity contribution is 7.90. The van der Waals surface area contributed by atoms with Crippen LogP contribution in [-0.4, -0.2) is 46.1 Å². The van der Waals surface area contributed by atoms with Gasteiger partial charge in [0, 0.05) is 16.7 Å². The van der Waals surface area contributed by atoms with Crippen LogP contribution in [0.3, 0.4) is 0 Å². The minimum absolute atomic E-state index is 0.0348. The Balaban J connectivity index is 2.22. The van der Waals surface area contributed by atoms with Crippen LogP contribution >= 0.6 is 0 Å². The highest BCUT2D eigenvalue weighted by Crippen LogP contribution is 2.29. The minimum atomic E-state index is -4.14. The Bertz CT molecular complexity index is 1210. The fourth-order valence-corrected chi connectivity index (χ4v) is 4.11. The van der Waals surface area contributed by atoms with Crippen molar-refractivity contribution in [2.24, 2.45) is 10.3 Å². The fraction of sp³-hybridized carbons (Fsp3) is 0.182. The number of hydrogen-bond acceptors (Lipinski definition) is 7. The van der Waals surface area contributed by atoms with Crippen LogP contribution in [-0.2, 0) is 29.1 Å². The lowest BCUT2D eigenvalue weighted by Crippen LogP contribution is -2.34. The lowest BCUT2D eigenvalue weighted by molar-refractivity contribution is -0.156. The molecule has 3 rings (SSSR count). The second kappa shape index (κ2) is 8.65. The Hall–Kier alpha value is -3.59. The van der Waals surface area contributed by atoms with Gasteiger partial charge in [-0.3, -0.25) is 14.4 Å². The van der Waals surface area contributed by atoms with Crippen LogP contribution in [0.25, 0.3) is 0 Å². The van der Waals surface area contributed by atoms with E-state index in [9.17, 15) is 22.8 Å². The number of carbonyl (C=O) groups is 3. The number of aryl methyl sites for hydroxylation is 1. The Morgan fingerprint density at radius 2 is 1.45 bits per heavy atom. The summed E-state index contributed by atoms with van der Waals surface area (Å²) in [5, 5.41) is 0. The first-order chi connectivity index (χ1) is 14.7. The maximum absolute atomic E-state index is 13.0. The van der Waals surface area contributed by atoms with E-state index in [1.165, 1.54) is 24.3 Å². The van der Waals surface area contributed by atoms with Gasteiger partial charge in [0.2, 0.25) is 0 Å². The molecule has 1 aliphatic rings. The van der Waals surface area contributed by atoms with Crippen molar-refractivity contribution < 1.29 is 32.3 Å². The molecule has 0 radical (unpaired) electrons. The van der Waals surface area contributed by atoms with Gasteiger partial charge in [0.25, 0.3) is 10.0 Å². The van der Waals surface area contributed by atoms with Crippen LogP contribution in [0, 0.1) is 12.8 Å². The smallest absolute Gasteiger partial charge is 0.324 e. The molecule has 0 spiro atoms. The molecule has 0 aromatic heterocycles. The Kier molecular flexibility index (Phi) is 6.16. The molecule has 8 nitrogen and oxygen atoms in total. The number of hydrogen-bond donors (Lipinski definition) is 0. The molecule has 9 heteroatoms. The molecule has 0 atom stereocenters. The van der Waals surface area contributed by atoms with E-state index in [1.54, 1.807) is 24.3 Å². The molecule has 0 saturated carbocycles. The number of benzene rings is 2. The molecule has 0 unspecified atom stereocenters. The number of ether oxygens (including phenoxy) is 2. The van der Waals surface area contributed by atoms with Crippen molar-refractivity contribution in [1.82, 2.24) is 0 Å². The van der Waals surface area contributed by atoms with Gasteiger partial charge < -0.3 is 9.47 Å². The first-order valence-corrected chi connectivity index (χ1v) is 10.6. The Morgan fingerprint density at radius 3 is 2.00 bits per heavy atom. The zero-order valence-electron chi connectivity index (χ0n) is 17.0. The molecule has 1 aliphatic carbocycles.